The minimum atomic E-state index is 0.0189. The molecule has 2 aromatic carbocycles. The zero-order valence-corrected chi connectivity index (χ0v) is 17.9. The normalized spacial score (nSPS) is 14.0. The molecule has 162 valence electrons. The quantitative estimate of drug-likeness (QED) is 0.615. The summed E-state index contributed by atoms with van der Waals surface area (Å²) in [6, 6.07) is 16.7. The lowest BCUT2D eigenvalue weighted by atomic mass is 10.1. The first kappa shape index (κ1) is 21.5. The van der Waals surface area contributed by atoms with Gasteiger partial charge in [0.05, 0.1) is 23.5 Å². The van der Waals surface area contributed by atoms with E-state index in [0.717, 1.165) is 36.4 Å². The summed E-state index contributed by atoms with van der Waals surface area (Å²) in [5.41, 5.74) is 10.3. The molecule has 1 aromatic heterocycles. The van der Waals surface area contributed by atoms with Crippen LogP contribution in [0.1, 0.15) is 31.2 Å². The number of nitrogens with zero attached hydrogens (tertiary/aromatic N) is 4. The van der Waals surface area contributed by atoms with Gasteiger partial charge >= 0.3 is 0 Å². The van der Waals surface area contributed by atoms with Crippen molar-refractivity contribution in [1.82, 2.24) is 14.9 Å². The third-order valence-electron chi connectivity index (χ3n) is 5.66. The van der Waals surface area contributed by atoms with Crippen molar-refractivity contribution < 1.29 is 4.79 Å². The second-order valence-electron chi connectivity index (χ2n) is 7.96. The number of likely N-dealkylation sites (tertiary alicyclic amines) is 1. The molecule has 0 saturated carbocycles. The van der Waals surface area contributed by atoms with Gasteiger partial charge in [0.2, 0.25) is 5.91 Å². The number of nitriles is 1. The molecule has 0 atom stereocenters. The van der Waals surface area contributed by atoms with Gasteiger partial charge in [-0.15, -0.1) is 0 Å². The smallest absolute Gasteiger partial charge is 0.225 e. The molecule has 0 unspecified atom stereocenters. The Hall–Kier alpha value is -3.76. The van der Waals surface area contributed by atoms with E-state index in [4.69, 9.17) is 11.0 Å². The van der Waals surface area contributed by atoms with Crippen LogP contribution in [0, 0.1) is 11.3 Å². The molecule has 0 radical (unpaired) electrons. The van der Waals surface area contributed by atoms with E-state index in [1.807, 2.05) is 36.4 Å². The molecule has 1 aliphatic heterocycles. The number of nitrogen functional groups attached to an aromatic ring is 1. The highest BCUT2D eigenvalue weighted by Crippen LogP contribution is 2.27. The Kier molecular flexibility index (Phi) is 6.73. The molecule has 1 saturated heterocycles. The van der Waals surface area contributed by atoms with E-state index >= 15 is 0 Å². The minimum Gasteiger partial charge on any atom is -0.382 e. The molecule has 2 heterocycles. The Morgan fingerprint density at radius 2 is 1.72 bits per heavy atom. The number of hydrogen-bond acceptors (Lipinski definition) is 6. The number of aromatic nitrogens is 2. The van der Waals surface area contributed by atoms with E-state index in [1.54, 1.807) is 18.3 Å². The fourth-order valence-electron chi connectivity index (χ4n) is 3.84. The minimum absolute atomic E-state index is 0.0189. The van der Waals surface area contributed by atoms with Gasteiger partial charge in [-0.25, -0.2) is 9.97 Å². The molecule has 0 spiro atoms. The number of carbonyl (C=O) groups is 1. The molecular formula is C25H26N6O. The number of piperidine rings is 1. The Labute approximate surface area is 187 Å². The maximum atomic E-state index is 12.3. The van der Waals surface area contributed by atoms with Crippen molar-refractivity contribution in [1.29, 1.82) is 5.26 Å². The van der Waals surface area contributed by atoms with Crippen molar-refractivity contribution in [3.05, 3.63) is 60.3 Å². The van der Waals surface area contributed by atoms with Crippen LogP contribution in [0.3, 0.4) is 0 Å². The van der Waals surface area contributed by atoms with Crippen molar-refractivity contribution in [2.45, 2.75) is 25.7 Å². The number of anilines is 2. The Bertz CT molecular complexity index is 1110. The standard InChI is InChI=1S/C25H26N6O/c26-16-18-4-6-19(7-5-18)22-17-28-25(27)24(30-22)20-8-10-21(11-9-20)29-23(32)12-15-31-13-2-1-3-14-31/h4-11,17H,1-3,12-15H2,(H2,27,28)(H,29,32). The molecule has 7 heteroatoms. The van der Waals surface area contributed by atoms with Crippen LogP contribution < -0.4 is 11.1 Å². The predicted octanol–water partition coefficient (Wildman–Crippen LogP) is 4.08. The van der Waals surface area contributed by atoms with E-state index in [0.29, 0.717) is 29.2 Å². The number of benzene rings is 2. The second-order valence-corrected chi connectivity index (χ2v) is 7.96. The predicted molar refractivity (Wildman–Crippen MR) is 126 cm³/mol. The fourth-order valence-corrected chi connectivity index (χ4v) is 3.84. The van der Waals surface area contributed by atoms with Gasteiger partial charge in [-0.2, -0.15) is 5.26 Å². The maximum absolute atomic E-state index is 12.3. The zero-order chi connectivity index (χ0) is 22.3. The van der Waals surface area contributed by atoms with Crippen LogP contribution in [-0.2, 0) is 4.79 Å². The van der Waals surface area contributed by atoms with Gasteiger partial charge in [0.1, 0.15) is 11.5 Å². The summed E-state index contributed by atoms with van der Waals surface area (Å²) >= 11 is 0. The molecule has 1 aliphatic rings. The van der Waals surface area contributed by atoms with Crippen molar-refractivity contribution in [2.24, 2.45) is 0 Å². The van der Waals surface area contributed by atoms with E-state index in [2.05, 4.69) is 26.3 Å². The lowest BCUT2D eigenvalue weighted by molar-refractivity contribution is -0.116. The summed E-state index contributed by atoms with van der Waals surface area (Å²) in [6.45, 7) is 2.98. The molecule has 0 aliphatic carbocycles. The number of carbonyl (C=O) groups excluding carboxylic acids is 1. The molecular weight excluding hydrogens is 400 g/mol. The van der Waals surface area contributed by atoms with Gasteiger partial charge in [0.25, 0.3) is 0 Å². The fraction of sp³-hybridized carbons (Fsp3) is 0.280. The molecule has 4 rings (SSSR count). The van der Waals surface area contributed by atoms with Gasteiger partial charge in [0.15, 0.2) is 0 Å². The van der Waals surface area contributed by atoms with Crippen LogP contribution in [-0.4, -0.2) is 40.4 Å². The van der Waals surface area contributed by atoms with Crippen LogP contribution in [0.5, 0.6) is 0 Å². The van der Waals surface area contributed by atoms with Crippen LogP contribution >= 0.6 is 0 Å². The second kappa shape index (κ2) is 10.0. The number of amides is 1. The number of rotatable bonds is 6. The Morgan fingerprint density at radius 1 is 1.03 bits per heavy atom. The average molecular weight is 427 g/mol. The van der Waals surface area contributed by atoms with Crippen molar-refractivity contribution >= 4 is 17.4 Å². The van der Waals surface area contributed by atoms with E-state index in [1.165, 1.54) is 19.3 Å². The van der Waals surface area contributed by atoms with Crippen molar-refractivity contribution in [3.8, 4) is 28.6 Å². The average Bonchev–Trinajstić information content (AvgIpc) is 2.84. The SMILES string of the molecule is N#Cc1ccc(-c2cnc(N)c(-c3ccc(NC(=O)CCN4CCCCC4)cc3)n2)cc1. The van der Waals surface area contributed by atoms with Crippen LogP contribution in [0.4, 0.5) is 11.5 Å². The summed E-state index contributed by atoms with van der Waals surface area (Å²) in [5.74, 6) is 0.353. The summed E-state index contributed by atoms with van der Waals surface area (Å²) < 4.78 is 0. The van der Waals surface area contributed by atoms with E-state index < -0.39 is 0 Å². The summed E-state index contributed by atoms with van der Waals surface area (Å²) in [5, 5.41) is 11.9. The van der Waals surface area contributed by atoms with Crippen LogP contribution in [0.25, 0.3) is 22.5 Å². The number of nitrogens with one attached hydrogen (secondary N) is 1. The van der Waals surface area contributed by atoms with E-state index in [9.17, 15) is 4.79 Å². The van der Waals surface area contributed by atoms with Crippen LogP contribution in [0.2, 0.25) is 0 Å². The molecule has 0 bridgehead atoms. The molecule has 1 fully saturated rings. The molecule has 32 heavy (non-hydrogen) atoms. The lowest BCUT2D eigenvalue weighted by Crippen LogP contribution is -2.32. The molecule has 1 amide bonds. The highest BCUT2D eigenvalue weighted by atomic mass is 16.1. The van der Waals surface area contributed by atoms with Gasteiger partial charge in [-0.05, 0) is 50.2 Å². The molecule has 7 nitrogen and oxygen atoms in total. The summed E-state index contributed by atoms with van der Waals surface area (Å²) in [7, 11) is 0. The molecule has 3 N–H and O–H groups in total. The number of hydrogen-bond donors (Lipinski definition) is 2. The number of nitrogens with two attached hydrogens (primary N) is 1. The Morgan fingerprint density at radius 3 is 2.41 bits per heavy atom. The third kappa shape index (κ3) is 5.29. The molecule has 3 aromatic rings. The zero-order valence-electron chi connectivity index (χ0n) is 17.9. The van der Waals surface area contributed by atoms with Gasteiger partial charge in [-0.3, -0.25) is 4.79 Å². The topological polar surface area (TPSA) is 108 Å². The third-order valence-corrected chi connectivity index (χ3v) is 5.66. The highest BCUT2D eigenvalue weighted by molar-refractivity contribution is 5.91. The first-order valence-electron chi connectivity index (χ1n) is 10.9. The summed E-state index contributed by atoms with van der Waals surface area (Å²) in [4.78, 5) is 23.6. The monoisotopic (exact) mass is 426 g/mol. The van der Waals surface area contributed by atoms with E-state index in [-0.39, 0.29) is 5.91 Å². The maximum Gasteiger partial charge on any atom is 0.225 e. The van der Waals surface area contributed by atoms with Crippen molar-refractivity contribution in [3.63, 3.8) is 0 Å². The lowest BCUT2D eigenvalue weighted by Gasteiger charge is -2.25. The van der Waals surface area contributed by atoms with Crippen LogP contribution in [0.15, 0.2) is 54.7 Å². The highest BCUT2D eigenvalue weighted by Gasteiger charge is 2.13. The summed E-state index contributed by atoms with van der Waals surface area (Å²) in [6.07, 6.45) is 5.85. The Balaban J connectivity index is 1.42. The van der Waals surface area contributed by atoms with Gasteiger partial charge in [0, 0.05) is 29.8 Å². The van der Waals surface area contributed by atoms with Gasteiger partial charge < -0.3 is 16.0 Å². The largest absolute Gasteiger partial charge is 0.382 e. The van der Waals surface area contributed by atoms with Gasteiger partial charge in [-0.1, -0.05) is 30.7 Å². The van der Waals surface area contributed by atoms with Crippen molar-refractivity contribution in [2.75, 3.05) is 30.7 Å². The first-order valence-corrected chi connectivity index (χ1v) is 10.9. The first-order chi connectivity index (χ1) is 15.6.